The van der Waals surface area contributed by atoms with Gasteiger partial charge in [-0.2, -0.15) is 0 Å². The molecule has 1 atom stereocenters. The number of rotatable bonds is 4. The monoisotopic (exact) mass is 196 g/mol. The first-order valence-electron chi connectivity index (χ1n) is 4.08. The zero-order valence-corrected chi connectivity index (χ0v) is 8.06. The summed E-state index contributed by atoms with van der Waals surface area (Å²) in [5.41, 5.74) is 0.598. The Morgan fingerprint density at radius 1 is 1.29 bits per heavy atom. The van der Waals surface area contributed by atoms with Crippen molar-refractivity contribution in [2.45, 2.75) is 6.10 Å². The molecule has 0 fully saturated rings. The molecule has 0 unspecified atom stereocenters. The largest absolute Gasteiger partial charge is 0.497 e. The highest BCUT2D eigenvalue weighted by atomic mass is 16.5. The number of hydrogen-bond donors (Lipinski definition) is 1. The molecule has 0 spiro atoms. The number of aliphatic carboxylic acids is 1. The normalized spacial score (nSPS) is 12.1. The van der Waals surface area contributed by atoms with Crippen LogP contribution in [0.5, 0.6) is 5.75 Å². The Balaban J connectivity index is 2.89. The SMILES string of the molecule is COc1ccc([C@@H](OC)C(=O)O)cc1. The van der Waals surface area contributed by atoms with Crippen molar-refractivity contribution in [3.63, 3.8) is 0 Å². The Labute approximate surface area is 82.1 Å². The van der Waals surface area contributed by atoms with Gasteiger partial charge in [0.25, 0.3) is 0 Å². The molecule has 1 N–H and O–H groups in total. The fraction of sp³-hybridized carbons (Fsp3) is 0.300. The molecule has 0 aliphatic heterocycles. The summed E-state index contributed by atoms with van der Waals surface area (Å²) < 4.78 is 9.79. The smallest absolute Gasteiger partial charge is 0.337 e. The van der Waals surface area contributed by atoms with E-state index in [0.29, 0.717) is 11.3 Å². The molecule has 0 aliphatic carbocycles. The molecule has 4 nitrogen and oxygen atoms in total. The average molecular weight is 196 g/mol. The molecule has 0 heterocycles. The molecule has 76 valence electrons. The van der Waals surface area contributed by atoms with Gasteiger partial charge in [-0.3, -0.25) is 0 Å². The first-order chi connectivity index (χ1) is 6.69. The molecule has 0 amide bonds. The van der Waals surface area contributed by atoms with Crippen molar-refractivity contribution in [3.05, 3.63) is 29.8 Å². The third kappa shape index (κ3) is 2.23. The maximum absolute atomic E-state index is 10.7. The lowest BCUT2D eigenvalue weighted by Crippen LogP contribution is -2.13. The molecule has 1 aromatic carbocycles. The molecule has 0 aliphatic rings. The Bertz CT molecular complexity index is 304. The summed E-state index contributed by atoms with van der Waals surface area (Å²) in [4.78, 5) is 10.7. The zero-order chi connectivity index (χ0) is 10.6. The minimum atomic E-state index is -1.00. The second-order valence-corrected chi connectivity index (χ2v) is 2.73. The first-order valence-corrected chi connectivity index (χ1v) is 4.08. The number of ether oxygens (including phenoxy) is 2. The van der Waals surface area contributed by atoms with E-state index in [1.165, 1.54) is 7.11 Å². The standard InChI is InChI=1S/C10H12O4/c1-13-8-5-3-7(4-6-8)9(14-2)10(11)12/h3-6,9H,1-2H3,(H,11,12)/t9-/m1/s1. The Hall–Kier alpha value is -1.55. The molecule has 0 saturated carbocycles. The van der Waals surface area contributed by atoms with E-state index in [1.54, 1.807) is 31.4 Å². The minimum absolute atomic E-state index is 0.598. The second-order valence-electron chi connectivity index (χ2n) is 2.73. The maximum Gasteiger partial charge on any atom is 0.337 e. The molecule has 0 radical (unpaired) electrons. The third-order valence-electron chi connectivity index (χ3n) is 1.88. The molecule has 1 aromatic rings. The van der Waals surface area contributed by atoms with E-state index in [4.69, 9.17) is 14.6 Å². The van der Waals surface area contributed by atoms with Crippen LogP contribution in [0.15, 0.2) is 24.3 Å². The van der Waals surface area contributed by atoms with Gasteiger partial charge in [-0.25, -0.2) is 4.79 Å². The van der Waals surface area contributed by atoms with E-state index < -0.39 is 12.1 Å². The zero-order valence-electron chi connectivity index (χ0n) is 8.06. The first kappa shape index (κ1) is 10.5. The van der Waals surface area contributed by atoms with Crippen molar-refractivity contribution < 1.29 is 19.4 Å². The maximum atomic E-state index is 10.7. The van der Waals surface area contributed by atoms with E-state index in [2.05, 4.69) is 0 Å². The Kier molecular flexibility index (Phi) is 3.48. The number of carbonyl (C=O) groups is 1. The molecule has 0 bridgehead atoms. The van der Waals surface area contributed by atoms with Crippen molar-refractivity contribution in [1.29, 1.82) is 0 Å². The van der Waals surface area contributed by atoms with Crippen LogP contribution in [0.2, 0.25) is 0 Å². The van der Waals surface area contributed by atoms with Gasteiger partial charge in [0.05, 0.1) is 7.11 Å². The number of benzene rings is 1. The molecule has 0 aromatic heterocycles. The van der Waals surface area contributed by atoms with Gasteiger partial charge in [0, 0.05) is 7.11 Å². The Morgan fingerprint density at radius 3 is 2.21 bits per heavy atom. The third-order valence-corrected chi connectivity index (χ3v) is 1.88. The summed E-state index contributed by atoms with van der Waals surface area (Å²) in [6.45, 7) is 0. The lowest BCUT2D eigenvalue weighted by Gasteiger charge is -2.10. The van der Waals surface area contributed by atoms with E-state index in [0.717, 1.165) is 0 Å². The quantitative estimate of drug-likeness (QED) is 0.792. The van der Waals surface area contributed by atoms with Crippen LogP contribution >= 0.6 is 0 Å². The van der Waals surface area contributed by atoms with Gasteiger partial charge in [-0.05, 0) is 17.7 Å². The summed E-state index contributed by atoms with van der Waals surface area (Å²) >= 11 is 0. The number of hydrogen-bond acceptors (Lipinski definition) is 3. The van der Waals surface area contributed by atoms with Gasteiger partial charge in [0.15, 0.2) is 6.10 Å². The van der Waals surface area contributed by atoms with Crippen LogP contribution in [-0.2, 0) is 9.53 Å². The van der Waals surface area contributed by atoms with Gasteiger partial charge >= 0.3 is 5.97 Å². The second kappa shape index (κ2) is 4.62. The van der Waals surface area contributed by atoms with Crippen molar-refractivity contribution in [1.82, 2.24) is 0 Å². The molecular formula is C10H12O4. The Morgan fingerprint density at radius 2 is 1.86 bits per heavy atom. The summed E-state index contributed by atoms with van der Waals surface area (Å²) in [7, 11) is 2.92. The summed E-state index contributed by atoms with van der Waals surface area (Å²) in [6, 6.07) is 6.73. The van der Waals surface area contributed by atoms with Gasteiger partial charge in [-0.1, -0.05) is 12.1 Å². The predicted molar refractivity (Wildman–Crippen MR) is 50.4 cm³/mol. The molecule has 1 rings (SSSR count). The summed E-state index contributed by atoms with van der Waals surface area (Å²) in [5.74, 6) is -0.313. The molecule has 14 heavy (non-hydrogen) atoms. The van der Waals surface area contributed by atoms with E-state index in [1.807, 2.05) is 0 Å². The fourth-order valence-electron chi connectivity index (χ4n) is 1.16. The fourth-order valence-corrected chi connectivity index (χ4v) is 1.16. The lowest BCUT2D eigenvalue weighted by atomic mass is 10.1. The average Bonchev–Trinajstić information content (AvgIpc) is 2.19. The van der Waals surface area contributed by atoms with Crippen LogP contribution in [-0.4, -0.2) is 25.3 Å². The van der Waals surface area contributed by atoms with Crippen LogP contribution in [0.3, 0.4) is 0 Å². The number of carboxylic acids is 1. The summed E-state index contributed by atoms with van der Waals surface area (Å²) in [6.07, 6.45) is -0.916. The molecule has 4 heteroatoms. The van der Waals surface area contributed by atoms with Gasteiger partial charge in [0.1, 0.15) is 5.75 Å². The van der Waals surface area contributed by atoms with Crippen LogP contribution < -0.4 is 4.74 Å². The van der Waals surface area contributed by atoms with E-state index in [-0.39, 0.29) is 0 Å². The summed E-state index contributed by atoms with van der Waals surface area (Å²) in [5, 5.41) is 8.80. The van der Waals surface area contributed by atoms with Crippen LogP contribution in [0, 0.1) is 0 Å². The van der Waals surface area contributed by atoms with Crippen LogP contribution in [0.25, 0.3) is 0 Å². The van der Waals surface area contributed by atoms with Crippen molar-refractivity contribution in [2.75, 3.05) is 14.2 Å². The highest BCUT2D eigenvalue weighted by Crippen LogP contribution is 2.19. The molecule has 0 saturated heterocycles. The van der Waals surface area contributed by atoms with Crippen molar-refractivity contribution in [2.24, 2.45) is 0 Å². The van der Waals surface area contributed by atoms with Crippen LogP contribution in [0.4, 0.5) is 0 Å². The number of methoxy groups -OCH3 is 2. The van der Waals surface area contributed by atoms with E-state index in [9.17, 15) is 4.79 Å². The highest BCUT2D eigenvalue weighted by Gasteiger charge is 2.18. The number of carboxylic acid groups (broad SMARTS) is 1. The van der Waals surface area contributed by atoms with Crippen LogP contribution in [0.1, 0.15) is 11.7 Å². The van der Waals surface area contributed by atoms with Gasteiger partial charge in [-0.15, -0.1) is 0 Å². The predicted octanol–water partition coefficient (Wildman–Crippen LogP) is 1.47. The van der Waals surface area contributed by atoms with Crippen molar-refractivity contribution >= 4 is 5.97 Å². The highest BCUT2D eigenvalue weighted by molar-refractivity contribution is 5.74. The van der Waals surface area contributed by atoms with E-state index >= 15 is 0 Å². The van der Waals surface area contributed by atoms with Gasteiger partial charge in [0.2, 0.25) is 0 Å². The van der Waals surface area contributed by atoms with Crippen molar-refractivity contribution in [3.8, 4) is 5.75 Å². The minimum Gasteiger partial charge on any atom is -0.497 e. The topological polar surface area (TPSA) is 55.8 Å². The van der Waals surface area contributed by atoms with Gasteiger partial charge < -0.3 is 14.6 Å². The lowest BCUT2D eigenvalue weighted by molar-refractivity contribution is -0.148. The molecular weight excluding hydrogens is 184 g/mol.